The Labute approximate surface area is 97.0 Å². The van der Waals surface area contributed by atoms with Crippen molar-refractivity contribution in [3.63, 3.8) is 0 Å². The van der Waals surface area contributed by atoms with Crippen LogP contribution in [0.3, 0.4) is 0 Å². The third-order valence-electron chi connectivity index (χ3n) is 2.78. The summed E-state index contributed by atoms with van der Waals surface area (Å²) in [7, 11) is 0. The first-order valence-electron chi connectivity index (χ1n) is 5.95. The molecule has 0 radical (unpaired) electrons. The summed E-state index contributed by atoms with van der Waals surface area (Å²) in [6.45, 7) is 1.09. The van der Waals surface area contributed by atoms with Gasteiger partial charge in [-0.15, -0.1) is 0 Å². The van der Waals surface area contributed by atoms with Crippen LogP contribution in [0.2, 0.25) is 0 Å². The van der Waals surface area contributed by atoms with Crippen LogP contribution >= 0.6 is 0 Å². The van der Waals surface area contributed by atoms with Gasteiger partial charge in [-0.3, -0.25) is 0 Å². The van der Waals surface area contributed by atoms with Crippen molar-refractivity contribution < 1.29 is 0 Å². The van der Waals surface area contributed by atoms with Gasteiger partial charge < -0.3 is 4.57 Å². The molecule has 0 amide bonds. The highest BCUT2D eigenvalue weighted by atomic mass is 15.0. The van der Waals surface area contributed by atoms with Gasteiger partial charge in [-0.2, -0.15) is 0 Å². The summed E-state index contributed by atoms with van der Waals surface area (Å²) >= 11 is 0. The van der Waals surface area contributed by atoms with Crippen LogP contribution in [0.4, 0.5) is 0 Å². The lowest BCUT2D eigenvalue weighted by Crippen LogP contribution is -1.94. The zero-order chi connectivity index (χ0) is 11.1. The Kier molecular flexibility index (Phi) is 4.17. The van der Waals surface area contributed by atoms with Crippen LogP contribution in [-0.4, -0.2) is 9.55 Å². The first-order chi connectivity index (χ1) is 7.95. The highest BCUT2D eigenvalue weighted by Gasteiger charge is 1.93. The Morgan fingerprint density at radius 3 is 2.62 bits per heavy atom. The van der Waals surface area contributed by atoms with Crippen LogP contribution < -0.4 is 0 Å². The number of imidazole rings is 1. The van der Waals surface area contributed by atoms with Gasteiger partial charge in [0, 0.05) is 18.9 Å². The van der Waals surface area contributed by atoms with E-state index in [1.54, 1.807) is 0 Å². The number of hydrogen-bond acceptors (Lipinski definition) is 1. The highest BCUT2D eigenvalue weighted by Crippen LogP contribution is 2.06. The van der Waals surface area contributed by atoms with E-state index in [2.05, 4.69) is 39.9 Å². The van der Waals surface area contributed by atoms with Crippen LogP contribution in [0.5, 0.6) is 0 Å². The molecule has 2 nitrogen and oxygen atoms in total. The predicted octanol–water partition coefficient (Wildman–Crippen LogP) is 3.30. The first-order valence-corrected chi connectivity index (χ1v) is 5.95. The van der Waals surface area contributed by atoms with Crippen LogP contribution in [-0.2, 0) is 13.0 Å². The van der Waals surface area contributed by atoms with Crippen molar-refractivity contribution in [3.05, 3.63) is 54.6 Å². The third kappa shape index (κ3) is 3.54. The molecule has 0 spiro atoms. The van der Waals surface area contributed by atoms with Crippen molar-refractivity contribution in [1.29, 1.82) is 0 Å². The van der Waals surface area contributed by atoms with Gasteiger partial charge in [0.2, 0.25) is 0 Å². The van der Waals surface area contributed by atoms with E-state index in [0.717, 1.165) is 6.54 Å². The summed E-state index contributed by atoms with van der Waals surface area (Å²) in [4.78, 5) is 4.03. The average molecular weight is 214 g/mol. The Hall–Kier alpha value is -1.57. The normalized spacial score (nSPS) is 10.5. The zero-order valence-electron chi connectivity index (χ0n) is 9.55. The number of aryl methyl sites for hydroxylation is 2. The second-order valence-electron chi connectivity index (χ2n) is 4.10. The van der Waals surface area contributed by atoms with Gasteiger partial charge in [-0.1, -0.05) is 36.8 Å². The van der Waals surface area contributed by atoms with Crippen molar-refractivity contribution in [2.45, 2.75) is 32.2 Å². The molecular weight excluding hydrogens is 196 g/mol. The number of hydrogen-bond donors (Lipinski definition) is 0. The molecule has 0 saturated carbocycles. The average Bonchev–Trinajstić information content (AvgIpc) is 2.83. The summed E-state index contributed by atoms with van der Waals surface area (Å²) in [6, 6.07) is 10.7. The van der Waals surface area contributed by atoms with Gasteiger partial charge in [-0.25, -0.2) is 4.98 Å². The second kappa shape index (κ2) is 6.11. The molecule has 0 bridgehead atoms. The van der Waals surface area contributed by atoms with E-state index in [0.29, 0.717) is 0 Å². The topological polar surface area (TPSA) is 17.8 Å². The van der Waals surface area contributed by atoms with E-state index >= 15 is 0 Å². The van der Waals surface area contributed by atoms with E-state index in [9.17, 15) is 0 Å². The molecule has 1 heterocycles. The summed E-state index contributed by atoms with van der Waals surface area (Å²) in [6.07, 6.45) is 10.7. The van der Waals surface area contributed by atoms with E-state index in [-0.39, 0.29) is 0 Å². The Morgan fingerprint density at radius 2 is 1.88 bits per heavy atom. The van der Waals surface area contributed by atoms with Crippen molar-refractivity contribution >= 4 is 0 Å². The van der Waals surface area contributed by atoms with Gasteiger partial charge in [0.25, 0.3) is 0 Å². The summed E-state index contributed by atoms with van der Waals surface area (Å²) in [5.74, 6) is 0. The van der Waals surface area contributed by atoms with Crippen LogP contribution in [0, 0.1) is 0 Å². The van der Waals surface area contributed by atoms with E-state index < -0.39 is 0 Å². The van der Waals surface area contributed by atoms with Crippen molar-refractivity contribution in [1.82, 2.24) is 9.55 Å². The Morgan fingerprint density at radius 1 is 1.00 bits per heavy atom. The van der Waals surface area contributed by atoms with Gasteiger partial charge in [-0.05, 0) is 24.8 Å². The molecule has 0 saturated heterocycles. The van der Waals surface area contributed by atoms with Gasteiger partial charge in [0.05, 0.1) is 6.33 Å². The van der Waals surface area contributed by atoms with Crippen LogP contribution in [0.15, 0.2) is 49.1 Å². The molecule has 2 heteroatoms. The number of aromatic nitrogens is 2. The molecule has 2 aromatic rings. The molecule has 0 N–H and O–H groups in total. The number of rotatable bonds is 6. The maximum Gasteiger partial charge on any atom is 0.0945 e. The fraction of sp³-hybridized carbons (Fsp3) is 0.357. The lowest BCUT2D eigenvalue weighted by molar-refractivity contribution is 0.587. The molecular formula is C14H18N2. The fourth-order valence-corrected chi connectivity index (χ4v) is 1.86. The van der Waals surface area contributed by atoms with Crippen molar-refractivity contribution in [2.75, 3.05) is 0 Å². The molecule has 0 atom stereocenters. The van der Waals surface area contributed by atoms with E-state index in [1.807, 2.05) is 18.7 Å². The van der Waals surface area contributed by atoms with Gasteiger partial charge >= 0.3 is 0 Å². The molecule has 2 rings (SSSR count). The summed E-state index contributed by atoms with van der Waals surface area (Å²) in [5, 5.41) is 0. The Balaban J connectivity index is 1.59. The van der Waals surface area contributed by atoms with Crippen LogP contribution in [0.1, 0.15) is 24.8 Å². The fourth-order valence-electron chi connectivity index (χ4n) is 1.86. The minimum Gasteiger partial charge on any atom is -0.337 e. The molecule has 1 aromatic carbocycles. The highest BCUT2D eigenvalue weighted by molar-refractivity contribution is 5.14. The molecule has 0 fully saturated rings. The third-order valence-corrected chi connectivity index (χ3v) is 2.78. The standard InChI is InChI=1S/C14H18N2/c1-3-7-14(8-4-1)9-5-2-6-11-16-12-10-15-13-16/h1,3-4,7-8,10,12-13H,2,5-6,9,11H2. The molecule has 0 aliphatic carbocycles. The maximum atomic E-state index is 4.03. The van der Waals surface area contributed by atoms with E-state index in [1.165, 1.54) is 31.2 Å². The predicted molar refractivity (Wildman–Crippen MR) is 66.2 cm³/mol. The molecule has 0 aliphatic rings. The number of nitrogens with zero attached hydrogens (tertiary/aromatic N) is 2. The monoisotopic (exact) mass is 214 g/mol. The maximum absolute atomic E-state index is 4.03. The van der Waals surface area contributed by atoms with Crippen molar-refractivity contribution in [2.24, 2.45) is 0 Å². The van der Waals surface area contributed by atoms with E-state index in [4.69, 9.17) is 0 Å². The second-order valence-corrected chi connectivity index (χ2v) is 4.10. The molecule has 1 aromatic heterocycles. The lowest BCUT2D eigenvalue weighted by atomic mass is 10.1. The quantitative estimate of drug-likeness (QED) is 0.675. The molecule has 0 unspecified atom stereocenters. The SMILES string of the molecule is c1ccc(CCCCCn2ccnc2)cc1. The minimum atomic E-state index is 1.09. The zero-order valence-corrected chi connectivity index (χ0v) is 9.55. The summed E-state index contributed by atoms with van der Waals surface area (Å²) in [5.41, 5.74) is 1.45. The lowest BCUT2D eigenvalue weighted by Gasteiger charge is -2.02. The van der Waals surface area contributed by atoms with Crippen molar-refractivity contribution in [3.8, 4) is 0 Å². The first kappa shape index (κ1) is 10.9. The van der Waals surface area contributed by atoms with Gasteiger partial charge in [0.1, 0.15) is 0 Å². The molecule has 16 heavy (non-hydrogen) atoms. The smallest absolute Gasteiger partial charge is 0.0945 e. The van der Waals surface area contributed by atoms with Gasteiger partial charge in [0.15, 0.2) is 0 Å². The number of benzene rings is 1. The largest absolute Gasteiger partial charge is 0.337 e. The summed E-state index contributed by atoms with van der Waals surface area (Å²) < 4.78 is 2.14. The molecule has 0 aliphatic heterocycles. The minimum absolute atomic E-state index is 1.09. The van der Waals surface area contributed by atoms with Crippen LogP contribution in [0.25, 0.3) is 0 Å². The molecule has 84 valence electrons. The number of unbranched alkanes of at least 4 members (excludes halogenated alkanes) is 2. The Bertz CT molecular complexity index is 378.